The van der Waals surface area contributed by atoms with Crippen LogP contribution >= 0.6 is 0 Å². The molecule has 2 rings (SSSR count). The number of benzene rings is 2. The highest BCUT2D eigenvalue weighted by molar-refractivity contribution is 5.92. The van der Waals surface area contributed by atoms with Crippen molar-refractivity contribution in [3.63, 3.8) is 0 Å². The molecule has 2 aromatic carbocycles. The number of hydrogen-bond acceptors (Lipinski definition) is 2. The molecule has 0 aliphatic heterocycles. The lowest BCUT2D eigenvalue weighted by Crippen LogP contribution is -2.30. The van der Waals surface area contributed by atoms with Gasteiger partial charge >= 0.3 is 0 Å². The fraction of sp³-hybridized carbons (Fsp3) is 0.278. The van der Waals surface area contributed by atoms with Crippen molar-refractivity contribution in [3.05, 3.63) is 65.2 Å². The van der Waals surface area contributed by atoms with E-state index in [9.17, 15) is 4.79 Å². The highest BCUT2D eigenvalue weighted by atomic mass is 16.1. The van der Waals surface area contributed by atoms with Gasteiger partial charge in [-0.15, -0.1) is 0 Å². The number of carbonyl (C=O) groups excluding carboxylic acids is 1. The number of aryl methyl sites for hydroxylation is 2. The van der Waals surface area contributed by atoms with E-state index in [0.29, 0.717) is 6.54 Å². The molecule has 0 spiro atoms. The first-order valence-corrected chi connectivity index (χ1v) is 7.21. The van der Waals surface area contributed by atoms with Gasteiger partial charge in [0.2, 0.25) is 5.91 Å². The van der Waals surface area contributed by atoms with E-state index in [1.807, 2.05) is 43.3 Å². The summed E-state index contributed by atoms with van der Waals surface area (Å²) in [5.41, 5.74) is 4.43. The Bertz CT molecular complexity index is 622. The summed E-state index contributed by atoms with van der Waals surface area (Å²) in [6, 6.07) is 16.2. The maximum Gasteiger partial charge on any atom is 0.238 e. The van der Waals surface area contributed by atoms with Crippen LogP contribution < -0.4 is 10.6 Å². The lowest BCUT2D eigenvalue weighted by atomic mass is 10.0. The van der Waals surface area contributed by atoms with E-state index in [0.717, 1.165) is 11.3 Å². The first kappa shape index (κ1) is 15.3. The van der Waals surface area contributed by atoms with Gasteiger partial charge in [-0.1, -0.05) is 36.4 Å². The predicted octanol–water partition coefficient (Wildman–Crippen LogP) is 3.59. The Balaban J connectivity index is 1.88. The Morgan fingerprint density at radius 2 is 1.86 bits per heavy atom. The predicted molar refractivity (Wildman–Crippen MR) is 87.4 cm³/mol. The SMILES string of the molecule is Cc1cccc(NC(=O)CN[C@@H](C)c2ccccc2C)c1. The zero-order chi connectivity index (χ0) is 15.2. The molecule has 1 amide bonds. The van der Waals surface area contributed by atoms with Crippen LogP contribution in [0, 0.1) is 13.8 Å². The molecule has 1 atom stereocenters. The van der Waals surface area contributed by atoms with Crippen LogP contribution in [0.15, 0.2) is 48.5 Å². The largest absolute Gasteiger partial charge is 0.325 e. The molecule has 2 aromatic rings. The number of anilines is 1. The minimum absolute atomic E-state index is 0.0268. The molecule has 0 aliphatic carbocycles. The number of amides is 1. The van der Waals surface area contributed by atoms with Crippen molar-refractivity contribution < 1.29 is 4.79 Å². The number of carbonyl (C=O) groups is 1. The average Bonchev–Trinajstić information content (AvgIpc) is 2.45. The second-order valence-electron chi connectivity index (χ2n) is 5.38. The molecule has 0 radical (unpaired) electrons. The summed E-state index contributed by atoms with van der Waals surface area (Å²) in [7, 11) is 0. The van der Waals surface area contributed by atoms with Crippen molar-refractivity contribution in [1.82, 2.24) is 5.32 Å². The van der Waals surface area contributed by atoms with E-state index in [2.05, 4.69) is 36.6 Å². The van der Waals surface area contributed by atoms with Crippen LogP contribution in [0.2, 0.25) is 0 Å². The van der Waals surface area contributed by atoms with E-state index >= 15 is 0 Å². The van der Waals surface area contributed by atoms with Gasteiger partial charge in [-0.05, 0) is 49.6 Å². The Labute approximate surface area is 126 Å². The minimum atomic E-state index is -0.0268. The summed E-state index contributed by atoms with van der Waals surface area (Å²) in [6.45, 7) is 6.46. The van der Waals surface area contributed by atoms with Crippen LogP contribution in [0.25, 0.3) is 0 Å². The topological polar surface area (TPSA) is 41.1 Å². The monoisotopic (exact) mass is 282 g/mol. The van der Waals surface area contributed by atoms with Crippen molar-refractivity contribution in [2.75, 3.05) is 11.9 Å². The Morgan fingerprint density at radius 1 is 1.10 bits per heavy atom. The third-order valence-corrected chi connectivity index (χ3v) is 3.53. The van der Waals surface area contributed by atoms with Gasteiger partial charge in [0.25, 0.3) is 0 Å². The molecule has 3 heteroatoms. The maximum atomic E-state index is 12.0. The van der Waals surface area contributed by atoms with Gasteiger partial charge in [0.1, 0.15) is 0 Å². The molecule has 0 fully saturated rings. The summed E-state index contributed by atoms with van der Waals surface area (Å²) in [5, 5.41) is 6.17. The summed E-state index contributed by atoms with van der Waals surface area (Å²) in [6.07, 6.45) is 0. The van der Waals surface area contributed by atoms with Crippen molar-refractivity contribution in [2.45, 2.75) is 26.8 Å². The molecule has 0 saturated carbocycles. The maximum absolute atomic E-state index is 12.0. The van der Waals surface area contributed by atoms with Crippen LogP contribution in [0.4, 0.5) is 5.69 Å². The standard InChI is InChI=1S/C18H22N2O/c1-13-7-6-9-16(11-13)20-18(21)12-19-15(3)17-10-5-4-8-14(17)2/h4-11,15,19H,12H2,1-3H3,(H,20,21)/t15-/m0/s1. The first-order valence-electron chi connectivity index (χ1n) is 7.21. The molecule has 3 nitrogen and oxygen atoms in total. The van der Waals surface area contributed by atoms with Gasteiger partial charge in [-0.3, -0.25) is 4.79 Å². The Morgan fingerprint density at radius 3 is 2.57 bits per heavy atom. The zero-order valence-electron chi connectivity index (χ0n) is 12.8. The molecule has 0 aromatic heterocycles. The van der Waals surface area contributed by atoms with Crippen molar-refractivity contribution in [2.24, 2.45) is 0 Å². The van der Waals surface area contributed by atoms with E-state index < -0.39 is 0 Å². The lowest BCUT2D eigenvalue weighted by Gasteiger charge is -2.16. The molecule has 0 heterocycles. The van der Waals surface area contributed by atoms with Gasteiger partial charge < -0.3 is 10.6 Å². The average molecular weight is 282 g/mol. The minimum Gasteiger partial charge on any atom is -0.325 e. The number of hydrogen-bond donors (Lipinski definition) is 2. The van der Waals surface area contributed by atoms with E-state index in [4.69, 9.17) is 0 Å². The highest BCUT2D eigenvalue weighted by Crippen LogP contribution is 2.16. The molecule has 0 unspecified atom stereocenters. The van der Waals surface area contributed by atoms with Gasteiger partial charge in [0.05, 0.1) is 6.54 Å². The molecule has 110 valence electrons. The lowest BCUT2D eigenvalue weighted by molar-refractivity contribution is -0.115. The second kappa shape index (κ2) is 7.04. The summed E-state index contributed by atoms with van der Waals surface area (Å²) in [5.74, 6) is -0.0268. The van der Waals surface area contributed by atoms with E-state index in [1.165, 1.54) is 11.1 Å². The fourth-order valence-corrected chi connectivity index (χ4v) is 2.36. The Kier molecular flexibility index (Phi) is 5.12. The molecule has 0 saturated heterocycles. The molecular formula is C18H22N2O. The van der Waals surface area contributed by atoms with Crippen LogP contribution in [-0.2, 0) is 4.79 Å². The normalized spacial score (nSPS) is 12.0. The molecule has 2 N–H and O–H groups in total. The van der Waals surface area contributed by atoms with Crippen molar-refractivity contribution >= 4 is 11.6 Å². The molecular weight excluding hydrogens is 260 g/mol. The second-order valence-corrected chi connectivity index (χ2v) is 5.38. The van der Waals surface area contributed by atoms with Crippen LogP contribution in [0.5, 0.6) is 0 Å². The van der Waals surface area contributed by atoms with E-state index in [1.54, 1.807) is 0 Å². The van der Waals surface area contributed by atoms with Crippen molar-refractivity contribution in [3.8, 4) is 0 Å². The molecule has 0 bridgehead atoms. The van der Waals surface area contributed by atoms with Crippen molar-refractivity contribution in [1.29, 1.82) is 0 Å². The number of rotatable bonds is 5. The van der Waals surface area contributed by atoms with Gasteiger partial charge in [0.15, 0.2) is 0 Å². The number of nitrogens with one attached hydrogen (secondary N) is 2. The van der Waals surface area contributed by atoms with Gasteiger partial charge in [-0.2, -0.15) is 0 Å². The first-order chi connectivity index (χ1) is 10.1. The summed E-state index contributed by atoms with van der Waals surface area (Å²) in [4.78, 5) is 12.0. The summed E-state index contributed by atoms with van der Waals surface area (Å²) >= 11 is 0. The van der Waals surface area contributed by atoms with Gasteiger partial charge in [-0.25, -0.2) is 0 Å². The zero-order valence-corrected chi connectivity index (χ0v) is 12.8. The highest BCUT2D eigenvalue weighted by Gasteiger charge is 2.09. The van der Waals surface area contributed by atoms with Crippen LogP contribution in [0.1, 0.15) is 29.7 Å². The quantitative estimate of drug-likeness (QED) is 0.880. The van der Waals surface area contributed by atoms with E-state index in [-0.39, 0.29) is 11.9 Å². The summed E-state index contributed by atoms with van der Waals surface area (Å²) < 4.78 is 0. The molecule has 0 aliphatic rings. The third-order valence-electron chi connectivity index (χ3n) is 3.53. The smallest absolute Gasteiger partial charge is 0.238 e. The fourth-order valence-electron chi connectivity index (χ4n) is 2.36. The van der Waals surface area contributed by atoms with Gasteiger partial charge in [0, 0.05) is 11.7 Å². The Hall–Kier alpha value is -2.13. The van der Waals surface area contributed by atoms with Crippen LogP contribution in [-0.4, -0.2) is 12.5 Å². The third kappa shape index (κ3) is 4.43. The van der Waals surface area contributed by atoms with Crippen LogP contribution in [0.3, 0.4) is 0 Å². The molecule has 21 heavy (non-hydrogen) atoms.